The van der Waals surface area contributed by atoms with Gasteiger partial charge < -0.3 is 5.73 Å². The van der Waals surface area contributed by atoms with Crippen LogP contribution in [-0.4, -0.2) is 6.54 Å². The first-order valence-corrected chi connectivity index (χ1v) is 8.51. The monoisotopic (exact) mass is 327 g/mol. The van der Waals surface area contributed by atoms with Crippen molar-refractivity contribution in [3.05, 3.63) is 96.3 Å². The summed E-state index contributed by atoms with van der Waals surface area (Å²) in [4.78, 5) is 0. The van der Waals surface area contributed by atoms with E-state index in [1.807, 2.05) is 18.2 Å². The molecule has 2 heteroatoms. The lowest BCUT2D eigenvalue weighted by Crippen LogP contribution is -2.43. The molecule has 0 aliphatic heterocycles. The van der Waals surface area contributed by atoms with Gasteiger partial charge in [-0.15, -0.1) is 0 Å². The third-order valence-corrected chi connectivity index (χ3v) is 4.18. The van der Waals surface area contributed by atoms with Gasteiger partial charge in [0.25, 0.3) is 0 Å². The number of rotatable bonds is 6. The Morgan fingerprint density at radius 3 is 2.12 bits per heavy atom. The Bertz CT molecular complexity index is 862. The highest BCUT2D eigenvalue weighted by molar-refractivity contribution is 5.70. The maximum absolute atomic E-state index is 5.75. The zero-order valence-electron chi connectivity index (χ0n) is 14.3. The number of hydrogen-bond acceptors (Lipinski definition) is 1. The van der Waals surface area contributed by atoms with Crippen LogP contribution in [0, 0.1) is 0 Å². The number of hydrogen-bond donors (Lipinski definition) is 1. The van der Waals surface area contributed by atoms with Crippen LogP contribution in [0.5, 0.6) is 0 Å². The molecule has 1 aromatic heterocycles. The fourth-order valence-electron chi connectivity index (χ4n) is 2.88. The predicted octanol–water partition coefficient (Wildman–Crippen LogP) is 4.41. The molecule has 1 heterocycles. The lowest BCUT2D eigenvalue weighted by Gasteiger charge is -2.03. The SMILES string of the molecule is C=Cc1cccc(/C=C/c2ccc(-c3ccccc3)cc2)[n+]1CCN. The Balaban J connectivity index is 1.84. The summed E-state index contributed by atoms with van der Waals surface area (Å²) in [6.07, 6.45) is 6.12. The zero-order chi connectivity index (χ0) is 17.5. The van der Waals surface area contributed by atoms with E-state index in [1.54, 1.807) is 0 Å². The first-order chi connectivity index (χ1) is 12.3. The van der Waals surface area contributed by atoms with Gasteiger partial charge in [-0.1, -0.05) is 61.2 Å². The van der Waals surface area contributed by atoms with Crippen LogP contribution in [0.15, 0.2) is 79.4 Å². The molecule has 0 saturated carbocycles. The lowest BCUT2D eigenvalue weighted by atomic mass is 10.0. The van der Waals surface area contributed by atoms with Gasteiger partial charge in [0, 0.05) is 24.3 Å². The second-order valence-corrected chi connectivity index (χ2v) is 5.84. The standard InChI is InChI=1S/C23H23N2/c1-2-22-9-6-10-23(25(22)18-17-24)16-13-19-11-14-21(15-12-19)20-7-4-3-5-8-20/h2-16H,1,17-18,24H2/q+1/b16-13+. The van der Waals surface area contributed by atoms with Crippen LogP contribution in [0.2, 0.25) is 0 Å². The minimum atomic E-state index is 0.599. The quantitative estimate of drug-likeness (QED) is 0.668. The van der Waals surface area contributed by atoms with Crippen LogP contribution in [0.25, 0.3) is 29.4 Å². The average Bonchev–Trinajstić information content (AvgIpc) is 2.68. The number of aromatic nitrogens is 1. The van der Waals surface area contributed by atoms with Crippen LogP contribution >= 0.6 is 0 Å². The van der Waals surface area contributed by atoms with Crippen LogP contribution in [-0.2, 0) is 6.54 Å². The third kappa shape index (κ3) is 4.11. The van der Waals surface area contributed by atoms with Crippen molar-refractivity contribution in [3.63, 3.8) is 0 Å². The largest absolute Gasteiger partial charge is 0.325 e. The Kier molecular flexibility index (Phi) is 5.55. The number of benzene rings is 2. The summed E-state index contributed by atoms with van der Waals surface area (Å²) in [7, 11) is 0. The summed E-state index contributed by atoms with van der Waals surface area (Å²) in [5.41, 5.74) is 11.6. The van der Waals surface area contributed by atoms with Gasteiger partial charge in [-0.3, -0.25) is 0 Å². The topological polar surface area (TPSA) is 29.9 Å². The van der Waals surface area contributed by atoms with Crippen molar-refractivity contribution in [1.29, 1.82) is 0 Å². The Morgan fingerprint density at radius 1 is 0.760 bits per heavy atom. The van der Waals surface area contributed by atoms with Crippen molar-refractivity contribution in [3.8, 4) is 11.1 Å². The lowest BCUT2D eigenvalue weighted by molar-refractivity contribution is -0.697. The van der Waals surface area contributed by atoms with Crippen molar-refractivity contribution in [2.45, 2.75) is 6.54 Å². The van der Waals surface area contributed by atoms with Gasteiger partial charge in [-0.05, 0) is 28.8 Å². The van der Waals surface area contributed by atoms with Crippen molar-refractivity contribution in [2.75, 3.05) is 6.54 Å². The van der Waals surface area contributed by atoms with Gasteiger partial charge in [-0.2, -0.15) is 4.57 Å². The first kappa shape index (κ1) is 16.9. The number of pyridine rings is 1. The molecule has 0 unspecified atom stereocenters. The van der Waals surface area contributed by atoms with Gasteiger partial charge in [0.2, 0.25) is 11.4 Å². The summed E-state index contributed by atoms with van der Waals surface area (Å²) in [6.45, 7) is 5.26. The van der Waals surface area contributed by atoms with E-state index in [2.05, 4.69) is 84.0 Å². The highest BCUT2D eigenvalue weighted by atomic mass is 15.0. The zero-order valence-corrected chi connectivity index (χ0v) is 14.3. The van der Waals surface area contributed by atoms with Gasteiger partial charge >= 0.3 is 0 Å². The van der Waals surface area contributed by atoms with Gasteiger partial charge in [0.05, 0.1) is 6.54 Å². The summed E-state index contributed by atoms with van der Waals surface area (Å²) in [5, 5.41) is 0. The molecule has 0 amide bonds. The van der Waals surface area contributed by atoms with Crippen molar-refractivity contribution in [2.24, 2.45) is 5.73 Å². The molecule has 25 heavy (non-hydrogen) atoms. The molecular weight excluding hydrogens is 304 g/mol. The molecule has 0 aliphatic carbocycles. The fourth-order valence-corrected chi connectivity index (χ4v) is 2.88. The number of nitrogens with zero attached hydrogens (tertiary/aromatic N) is 1. The Labute approximate surface area is 149 Å². The molecule has 0 spiro atoms. The second-order valence-electron chi connectivity index (χ2n) is 5.84. The number of nitrogens with two attached hydrogens (primary N) is 1. The molecule has 0 radical (unpaired) electrons. The summed E-state index contributed by atoms with van der Waals surface area (Å²) < 4.78 is 2.18. The van der Waals surface area contributed by atoms with Crippen LogP contribution in [0.3, 0.4) is 0 Å². The van der Waals surface area contributed by atoms with Gasteiger partial charge in [-0.25, -0.2) is 0 Å². The van der Waals surface area contributed by atoms with Gasteiger partial charge in [0.15, 0.2) is 6.54 Å². The minimum absolute atomic E-state index is 0.599. The molecule has 2 N–H and O–H groups in total. The van der Waals surface area contributed by atoms with Crippen LogP contribution < -0.4 is 10.3 Å². The van der Waals surface area contributed by atoms with Crippen molar-refractivity contribution in [1.82, 2.24) is 0 Å². The van der Waals surface area contributed by atoms with Crippen LogP contribution in [0.1, 0.15) is 17.0 Å². The Hall–Kier alpha value is -2.97. The summed E-state index contributed by atoms with van der Waals surface area (Å²) in [5.74, 6) is 0. The van der Waals surface area contributed by atoms with Gasteiger partial charge in [0.1, 0.15) is 0 Å². The van der Waals surface area contributed by atoms with E-state index in [0.717, 1.165) is 17.9 Å². The molecule has 2 aromatic carbocycles. The molecule has 124 valence electrons. The van der Waals surface area contributed by atoms with E-state index in [0.29, 0.717) is 6.54 Å². The summed E-state index contributed by atoms with van der Waals surface area (Å²) in [6, 6.07) is 25.2. The molecule has 0 fully saturated rings. The highest BCUT2D eigenvalue weighted by Crippen LogP contribution is 2.20. The van der Waals surface area contributed by atoms with Crippen molar-refractivity contribution >= 4 is 18.2 Å². The predicted molar refractivity (Wildman–Crippen MR) is 107 cm³/mol. The second kappa shape index (κ2) is 8.22. The smallest absolute Gasteiger partial charge is 0.205 e. The molecule has 0 saturated heterocycles. The molecule has 0 aliphatic rings. The van der Waals surface area contributed by atoms with Crippen LogP contribution in [0.4, 0.5) is 0 Å². The molecule has 3 rings (SSSR count). The summed E-state index contributed by atoms with van der Waals surface area (Å²) >= 11 is 0. The maximum Gasteiger partial charge on any atom is 0.205 e. The molecule has 3 aromatic rings. The fraction of sp³-hybridized carbons (Fsp3) is 0.0870. The minimum Gasteiger partial charge on any atom is -0.325 e. The Morgan fingerprint density at radius 2 is 1.44 bits per heavy atom. The van der Waals surface area contributed by atoms with E-state index < -0.39 is 0 Å². The van der Waals surface area contributed by atoms with E-state index in [-0.39, 0.29) is 0 Å². The van der Waals surface area contributed by atoms with E-state index in [9.17, 15) is 0 Å². The first-order valence-electron chi connectivity index (χ1n) is 8.51. The highest BCUT2D eigenvalue weighted by Gasteiger charge is 2.10. The molecular formula is C23H23N2+. The maximum atomic E-state index is 5.75. The third-order valence-electron chi connectivity index (χ3n) is 4.18. The van der Waals surface area contributed by atoms with E-state index in [4.69, 9.17) is 5.73 Å². The molecule has 2 nitrogen and oxygen atoms in total. The molecule has 0 bridgehead atoms. The average molecular weight is 327 g/mol. The molecule has 0 atom stereocenters. The normalized spacial score (nSPS) is 10.9. The van der Waals surface area contributed by atoms with E-state index >= 15 is 0 Å². The van der Waals surface area contributed by atoms with E-state index in [1.165, 1.54) is 16.7 Å². The van der Waals surface area contributed by atoms with Crippen molar-refractivity contribution < 1.29 is 4.57 Å².